The predicted molar refractivity (Wildman–Crippen MR) is 70.2 cm³/mol. The first-order valence-electron chi connectivity index (χ1n) is 5.01. The maximum Gasteiger partial charge on any atom is 0.255 e. The number of phenols is 1. The van der Waals surface area contributed by atoms with E-state index in [0.29, 0.717) is 11.3 Å². The SMILES string of the molecule is O=C(Nc1cccc(Br)c1)c1cccc(O)c1. The number of phenolic OH excluding ortho intramolecular Hbond substituents is 1. The Morgan fingerprint density at radius 3 is 2.59 bits per heavy atom. The van der Waals surface area contributed by atoms with E-state index in [-0.39, 0.29) is 11.7 Å². The van der Waals surface area contributed by atoms with Gasteiger partial charge in [-0.1, -0.05) is 28.1 Å². The molecule has 0 atom stereocenters. The summed E-state index contributed by atoms with van der Waals surface area (Å²) in [6, 6.07) is 13.5. The number of rotatable bonds is 2. The third kappa shape index (κ3) is 3.07. The van der Waals surface area contributed by atoms with Crippen LogP contribution in [0.25, 0.3) is 0 Å². The standard InChI is InChI=1S/C13H10BrNO2/c14-10-4-2-5-11(8-10)15-13(17)9-3-1-6-12(16)7-9/h1-8,16H,(H,15,17). The van der Waals surface area contributed by atoms with Crippen LogP contribution < -0.4 is 5.32 Å². The van der Waals surface area contributed by atoms with Crippen molar-refractivity contribution in [2.24, 2.45) is 0 Å². The zero-order chi connectivity index (χ0) is 12.3. The van der Waals surface area contributed by atoms with E-state index in [2.05, 4.69) is 21.2 Å². The number of aromatic hydroxyl groups is 1. The molecule has 0 saturated carbocycles. The van der Waals surface area contributed by atoms with Gasteiger partial charge in [0.25, 0.3) is 5.91 Å². The topological polar surface area (TPSA) is 49.3 Å². The van der Waals surface area contributed by atoms with Crippen LogP contribution in [0.5, 0.6) is 5.75 Å². The minimum absolute atomic E-state index is 0.0758. The highest BCUT2D eigenvalue weighted by atomic mass is 79.9. The fourth-order valence-electron chi connectivity index (χ4n) is 1.42. The van der Waals surface area contributed by atoms with Gasteiger partial charge in [-0.15, -0.1) is 0 Å². The smallest absolute Gasteiger partial charge is 0.255 e. The summed E-state index contributed by atoms with van der Waals surface area (Å²) < 4.78 is 0.895. The summed E-state index contributed by atoms with van der Waals surface area (Å²) in [5.74, 6) is -0.175. The zero-order valence-corrected chi connectivity index (χ0v) is 10.4. The molecule has 0 unspecified atom stereocenters. The lowest BCUT2D eigenvalue weighted by Gasteiger charge is -2.05. The van der Waals surface area contributed by atoms with Crippen molar-refractivity contribution >= 4 is 27.5 Å². The number of benzene rings is 2. The van der Waals surface area contributed by atoms with Crippen molar-refractivity contribution in [2.75, 3.05) is 5.32 Å². The summed E-state index contributed by atoms with van der Waals surface area (Å²) in [7, 11) is 0. The molecule has 2 aromatic rings. The van der Waals surface area contributed by atoms with Crippen LogP contribution in [0.1, 0.15) is 10.4 Å². The largest absolute Gasteiger partial charge is 0.508 e. The van der Waals surface area contributed by atoms with Crippen molar-refractivity contribution in [1.29, 1.82) is 0 Å². The molecule has 3 nitrogen and oxygen atoms in total. The predicted octanol–water partition coefficient (Wildman–Crippen LogP) is 3.41. The van der Waals surface area contributed by atoms with E-state index in [1.165, 1.54) is 12.1 Å². The van der Waals surface area contributed by atoms with Gasteiger partial charge in [-0.3, -0.25) is 4.79 Å². The quantitative estimate of drug-likeness (QED) is 0.891. The molecule has 0 aliphatic rings. The van der Waals surface area contributed by atoms with E-state index in [1.807, 2.05) is 12.1 Å². The van der Waals surface area contributed by atoms with Gasteiger partial charge in [0.1, 0.15) is 5.75 Å². The minimum Gasteiger partial charge on any atom is -0.508 e. The van der Waals surface area contributed by atoms with Crippen LogP contribution in [0.4, 0.5) is 5.69 Å². The van der Waals surface area contributed by atoms with E-state index >= 15 is 0 Å². The first-order chi connectivity index (χ1) is 8.15. The van der Waals surface area contributed by atoms with Gasteiger partial charge >= 0.3 is 0 Å². The molecular formula is C13H10BrNO2. The van der Waals surface area contributed by atoms with Gasteiger partial charge in [-0.25, -0.2) is 0 Å². The molecule has 0 radical (unpaired) electrons. The Labute approximate surface area is 107 Å². The molecule has 86 valence electrons. The number of carbonyl (C=O) groups is 1. The van der Waals surface area contributed by atoms with Crippen molar-refractivity contribution in [3.63, 3.8) is 0 Å². The van der Waals surface area contributed by atoms with Gasteiger partial charge in [0.15, 0.2) is 0 Å². The van der Waals surface area contributed by atoms with Crippen LogP contribution in [0.3, 0.4) is 0 Å². The average Bonchev–Trinajstić information content (AvgIpc) is 2.29. The Balaban J connectivity index is 2.17. The Morgan fingerprint density at radius 1 is 1.12 bits per heavy atom. The van der Waals surface area contributed by atoms with E-state index in [4.69, 9.17) is 0 Å². The summed E-state index contributed by atoms with van der Waals surface area (Å²) in [5.41, 5.74) is 1.12. The molecule has 0 aromatic heterocycles. The summed E-state index contributed by atoms with van der Waals surface area (Å²) >= 11 is 3.33. The number of nitrogens with one attached hydrogen (secondary N) is 1. The summed E-state index contributed by atoms with van der Waals surface area (Å²) in [4.78, 5) is 11.8. The number of amides is 1. The Hall–Kier alpha value is -1.81. The van der Waals surface area contributed by atoms with Gasteiger partial charge in [-0.2, -0.15) is 0 Å². The highest BCUT2D eigenvalue weighted by Crippen LogP contribution is 2.17. The van der Waals surface area contributed by atoms with Gasteiger partial charge in [0.2, 0.25) is 0 Å². The molecule has 0 aliphatic heterocycles. The zero-order valence-electron chi connectivity index (χ0n) is 8.85. The normalized spacial score (nSPS) is 9.94. The molecule has 0 aliphatic carbocycles. The van der Waals surface area contributed by atoms with Gasteiger partial charge in [-0.05, 0) is 36.4 Å². The Morgan fingerprint density at radius 2 is 1.88 bits per heavy atom. The molecule has 2 N–H and O–H groups in total. The lowest BCUT2D eigenvalue weighted by atomic mass is 10.2. The molecule has 17 heavy (non-hydrogen) atoms. The Kier molecular flexibility index (Phi) is 3.44. The summed E-state index contributed by atoms with van der Waals surface area (Å²) in [6.45, 7) is 0. The van der Waals surface area contributed by atoms with E-state index in [0.717, 1.165) is 4.47 Å². The number of anilines is 1. The van der Waals surface area contributed by atoms with Gasteiger partial charge in [0, 0.05) is 15.7 Å². The van der Waals surface area contributed by atoms with E-state index in [1.54, 1.807) is 24.3 Å². The molecule has 0 heterocycles. The van der Waals surface area contributed by atoms with E-state index in [9.17, 15) is 9.90 Å². The van der Waals surface area contributed by atoms with Crippen LogP contribution in [0, 0.1) is 0 Å². The Bertz CT molecular complexity index is 555. The molecule has 4 heteroatoms. The van der Waals surface area contributed by atoms with E-state index < -0.39 is 0 Å². The minimum atomic E-state index is -0.251. The lowest BCUT2D eigenvalue weighted by Crippen LogP contribution is -2.11. The van der Waals surface area contributed by atoms with Crippen molar-refractivity contribution in [1.82, 2.24) is 0 Å². The fourth-order valence-corrected chi connectivity index (χ4v) is 1.82. The number of carbonyl (C=O) groups excluding carboxylic acids is 1. The first-order valence-corrected chi connectivity index (χ1v) is 5.80. The van der Waals surface area contributed by atoms with Gasteiger partial charge < -0.3 is 10.4 Å². The van der Waals surface area contributed by atoms with Crippen molar-refractivity contribution < 1.29 is 9.90 Å². The number of halogens is 1. The van der Waals surface area contributed by atoms with Crippen LogP contribution in [-0.4, -0.2) is 11.0 Å². The molecule has 0 bridgehead atoms. The number of hydrogen-bond acceptors (Lipinski definition) is 2. The van der Waals surface area contributed by atoms with Crippen LogP contribution in [0.15, 0.2) is 53.0 Å². The highest BCUT2D eigenvalue weighted by molar-refractivity contribution is 9.10. The van der Waals surface area contributed by atoms with Crippen LogP contribution in [0.2, 0.25) is 0 Å². The number of hydrogen-bond donors (Lipinski definition) is 2. The molecule has 0 saturated heterocycles. The second-order valence-electron chi connectivity index (χ2n) is 3.51. The summed E-state index contributed by atoms with van der Waals surface area (Å²) in [5, 5.41) is 12.0. The maximum absolute atomic E-state index is 11.8. The van der Waals surface area contributed by atoms with Crippen molar-refractivity contribution in [2.45, 2.75) is 0 Å². The first kappa shape index (κ1) is 11.7. The lowest BCUT2D eigenvalue weighted by molar-refractivity contribution is 0.102. The molecule has 2 aromatic carbocycles. The summed E-state index contributed by atoms with van der Waals surface area (Å²) in [6.07, 6.45) is 0. The molecule has 1 amide bonds. The third-order valence-electron chi connectivity index (χ3n) is 2.19. The monoisotopic (exact) mass is 291 g/mol. The fraction of sp³-hybridized carbons (Fsp3) is 0. The van der Waals surface area contributed by atoms with Crippen LogP contribution >= 0.6 is 15.9 Å². The van der Waals surface area contributed by atoms with Gasteiger partial charge in [0.05, 0.1) is 0 Å². The average molecular weight is 292 g/mol. The third-order valence-corrected chi connectivity index (χ3v) is 2.68. The molecular weight excluding hydrogens is 282 g/mol. The van der Waals surface area contributed by atoms with Crippen LogP contribution in [-0.2, 0) is 0 Å². The molecule has 0 spiro atoms. The van der Waals surface area contributed by atoms with Crippen molar-refractivity contribution in [3.8, 4) is 5.75 Å². The second kappa shape index (κ2) is 5.01. The molecule has 0 fully saturated rings. The van der Waals surface area contributed by atoms with Crippen molar-refractivity contribution in [3.05, 3.63) is 58.6 Å². The second-order valence-corrected chi connectivity index (χ2v) is 4.43. The maximum atomic E-state index is 11.8. The highest BCUT2D eigenvalue weighted by Gasteiger charge is 2.06. The molecule has 2 rings (SSSR count).